The van der Waals surface area contributed by atoms with Gasteiger partial charge in [0.2, 0.25) is 10.0 Å². The Morgan fingerprint density at radius 2 is 1.76 bits per heavy atom. The summed E-state index contributed by atoms with van der Waals surface area (Å²) in [4.78, 5) is 0. The van der Waals surface area contributed by atoms with Gasteiger partial charge >= 0.3 is 0 Å². The van der Waals surface area contributed by atoms with Crippen LogP contribution in [0.5, 0.6) is 0 Å². The average Bonchev–Trinajstić information content (AvgIpc) is 2.15. The van der Waals surface area contributed by atoms with E-state index in [0.29, 0.717) is 12.2 Å². The van der Waals surface area contributed by atoms with Crippen LogP contribution in [0.4, 0.5) is 5.69 Å². The van der Waals surface area contributed by atoms with Gasteiger partial charge in [-0.2, -0.15) is 0 Å². The Hall–Kier alpha value is -1.07. The van der Waals surface area contributed by atoms with Gasteiger partial charge in [-0.15, -0.1) is 0 Å². The van der Waals surface area contributed by atoms with Crippen molar-refractivity contribution in [3.05, 3.63) is 30.3 Å². The minimum absolute atomic E-state index is 0.0667. The van der Waals surface area contributed by atoms with Crippen molar-refractivity contribution in [2.75, 3.05) is 16.6 Å². The van der Waals surface area contributed by atoms with Crippen LogP contribution in [0, 0.1) is 0 Å². The van der Waals surface area contributed by atoms with Crippen LogP contribution in [0.25, 0.3) is 0 Å². The van der Waals surface area contributed by atoms with E-state index >= 15 is 0 Å². The Labute approximate surface area is 103 Å². The Balaban J connectivity index is 3.04. The molecule has 0 aliphatic rings. The van der Waals surface area contributed by atoms with Crippen molar-refractivity contribution in [2.45, 2.75) is 26.3 Å². The molecule has 0 aliphatic carbocycles. The highest BCUT2D eigenvalue weighted by Crippen LogP contribution is 2.19. The van der Waals surface area contributed by atoms with Gasteiger partial charge in [0, 0.05) is 12.1 Å². The molecule has 2 N–H and O–H groups in total. The first-order valence-corrected chi connectivity index (χ1v) is 7.21. The molecule has 0 radical (unpaired) electrons. The van der Waals surface area contributed by atoms with Crippen LogP contribution >= 0.6 is 0 Å². The largest absolute Gasteiger partial charge is 0.325 e. The number of nitrogens with two attached hydrogens (primary N) is 1. The lowest BCUT2D eigenvalue weighted by atomic mass is 10.1. The quantitative estimate of drug-likeness (QED) is 0.870. The lowest BCUT2D eigenvalue weighted by molar-refractivity contribution is 0.542. The fourth-order valence-electron chi connectivity index (χ4n) is 1.68. The minimum atomic E-state index is -3.37. The molecule has 0 amide bonds. The van der Waals surface area contributed by atoms with Crippen LogP contribution in [0.2, 0.25) is 0 Å². The topological polar surface area (TPSA) is 63.4 Å². The van der Waals surface area contributed by atoms with Crippen molar-refractivity contribution in [1.29, 1.82) is 0 Å². The van der Waals surface area contributed by atoms with E-state index < -0.39 is 15.6 Å². The maximum atomic E-state index is 12.2. The van der Waals surface area contributed by atoms with E-state index in [4.69, 9.17) is 5.73 Å². The molecule has 1 aromatic carbocycles. The zero-order valence-corrected chi connectivity index (χ0v) is 11.4. The third kappa shape index (κ3) is 4.02. The van der Waals surface area contributed by atoms with E-state index in [-0.39, 0.29) is 5.75 Å². The van der Waals surface area contributed by atoms with Gasteiger partial charge in [0.25, 0.3) is 0 Å². The van der Waals surface area contributed by atoms with Crippen molar-refractivity contribution in [3.63, 3.8) is 0 Å². The summed E-state index contributed by atoms with van der Waals surface area (Å²) in [5.74, 6) is -0.0667. The number of hydrogen-bond acceptors (Lipinski definition) is 3. The van der Waals surface area contributed by atoms with Gasteiger partial charge in [0.1, 0.15) is 0 Å². The number of nitrogens with zero attached hydrogens (tertiary/aromatic N) is 1. The fourth-order valence-corrected chi connectivity index (χ4v) is 3.61. The predicted octanol–water partition coefficient (Wildman–Crippen LogP) is 1.58. The molecule has 0 atom stereocenters. The summed E-state index contributed by atoms with van der Waals surface area (Å²) < 4.78 is 25.8. The van der Waals surface area contributed by atoms with Crippen LogP contribution in [0.3, 0.4) is 0 Å². The van der Waals surface area contributed by atoms with Crippen LogP contribution in [-0.4, -0.2) is 26.3 Å². The number of sulfonamides is 1. The summed E-state index contributed by atoms with van der Waals surface area (Å²) in [7, 11) is -3.37. The molecule has 1 rings (SSSR count). The Bertz CT molecular complexity index is 449. The summed E-state index contributed by atoms with van der Waals surface area (Å²) in [5, 5.41) is 0. The van der Waals surface area contributed by atoms with Gasteiger partial charge in [-0.25, -0.2) is 8.42 Å². The highest BCUT2D eigenvalue weighted by atomic mass is 32.2. The molecule has 96 valence electrons. The average molecular weight is 256 g/mol. The minimum Gasteiger partial charge on any atom is -0.325 e. The highest BCUT2D eigenvalue weighted by Gasteiger charge is 2.27. The first kappa shape index (κ1) is 14.0. The zero-order valence-electron chi connectivity index (χ0n) is 10.6. The first-order chi connectivity index (χ1) is 7.76. The molecule has 0 saturated heterocycles. The van der Waals surface area contributed by atoms with E-state index in [9.17, 15) is 8.42 Å². The van der Waals surface area contributed by atoms with E-state index in [0.717, 1.165) is 0 Å². The zero-order chi connectivity index (χ0) is 13.1. The molecule has 1 aromatic rings. The highest BCUT2D eigenvalue weighted by molar-refractivity contribution is 7.92. The summed E-state index contributed by atoms with van der Waals surface area (Å²) in [6, 6.07) is 9.06. The Kier molecular flexibility index (Phi) is 4.16. The molecule has 0 fully saturated rings. The second kappa shape index (κ2) is 5.06. The number of benzene rings is 1. The molecule has 0 aliphatic heterocycles. The van der Waals surface area contributed by atoms with Gasteiger partial charge in [0.15, 0.2) is 0 Å². The standard InChI is InChI=1S/C12H20N2O2S/c1-4-14(11-8-6-5-7-9-11)17(15,16)10-12(2,3)13/h5-9H,4,10,13H2,1-3H3. The maximum Gasteiger partial charge on any atom is 0.236 e. The molecule has 4 nitrogen and oxygen atoms in total. The normalized spacial score (nSPS) is 12.5. The second-order valence-electron chi connectivity index (χ2n) is 4.75. The lowest BCUT2D eigenvalue weighted by Crippen LogP contribution is -2.45. The van der Waals surface area contributed by atoms with E-state index in [1.165, 1.54) is 4.31 Å². The van der Waals surface area contributed by atoms with E-state index in [1.54, 1.807) is 26.0 Å². The van der Waals surface area contributed by atoms with Gasteiger partial charge in [0.05, 0.1) is 11.4 Å². The first-order valence-electron chi connectivity index (χ1n) is 5.60. The van der Waals surface area contributed by atoms with Crippen LogP contribution in [0.1, 0.15) is 20.8 Å². The Morgan fingerprint density at radius 3 is 2.18 bits per heavy atom. The van der Waals surface area contributed by atoms with Gasteiger partial charge in [-0.1, -0.05) is 18.2 Å². The second-order valence-corrected chi connectivity index (χ2v) is 6.64. The fraction of sp³-hybridized carbons (Fsp3) is 0.500. The molecule has 0 heterocycles. The number of rotatable bonds is 5. The lowest BCUT2D eigenvalue weighted by Gasteiger charge is -2.27. The summed E-state index contributed by atoms with van der Waals surface area (Å²) >= 11 is 0. The van der Waals surface area contributed by atoms with Crippen molar-refractivity contribution < 1.29 is 8.42 Å². The molecule has 0 aromatic heterocycles. The molecule has 0 bridgehead atoms. The number of para-hydroxylation sites is 1. The maximum absolute atomic E-state index is 12.2. The van der Waals surface area contributed by atoms with Gasteiger partial charge in [-0.05, 0) is 32.9 Å². The van der Waals surface area contributed by atoms with Crippen molar-refractivity contribution in [2.24, 2.45) is 5.73 Å². The SMILES string of the molecule is CCN(c1ccccc1)S(=O)(=O)CC(C)(C)N. The van der Waals surface area contributed by atoms with E-state index in [1.807, 2.05) is 25.1 Å². The number of anilines is 1. The van der Waals surface area contributed by atoms with Gasteiger partial charge < -0.3 is 5.73 Å². The smallest absolute Gasteiger partial charge is 0.236 e. The third-order valence-corrected chi connectivity index (χ3v) is 4.47. The van der Waals surface area contributed by atoms with Crippen LogP contribution in [0.15, 0.2) is 30.3 Å². The van der Waals surface area contributed by atoms with Crippen molar-refractivity contribution in [3.8, 4) is 0 Å². The third-order valence-electron chi connectivity index (χ3n) is 2.22. The predicted molar refractivity (Wildman–Crippen MR) is 71.5 cm³/mol. The van der Waals surface area contributed by atoms with E-state index in [2.05, 4.69) is 0 Å². The van der Waals surface area contributed by atoms with Gasteiger partial charge in [-0.3, -0.25) is 4.31 Å². The summed E-state index contributed by atoms with van der Waals surface area (Å²) in [6.07, 6.45) is 0. The number of hydrogen-bond donors (Lipinski definition) is 1. The summed E-state index contributed by atoms with van der Waals surface area (Å²) in [6.45, 7) is 5.64. The molecule has 0 unspecified atom stereocenters. The van der Waals surface area contributed by atoms with Crippen molar-refractivity contribution in [1.82, 2.24) is 0 Å². The molecular formula is C12H20N2O2S. The molecule has 0 saturated carbocycles. The van der Waals surface area contributed by atoms with Crippen LogP contribution < -0.4 is 10.0 Å². The summed E-state index contributed by atoms with van der Waals surface area (Å²) in [5.41, 5.74) is 5.73. The molecule has 5 heteroatoms. The van der Waals surface area contributed by atoms with Crippen LogP contribution in [-0.2, 0) is 10.0 Å². The Morgan fingerprint density at radius 1 is 1.24 bits per heavy atom. The monoisotopic (exact) mass is 256 g/mol. The molecule has 17 heavy (non-hydrogen) atoms. The molecular weight excluding hydrogens is 236 g/mol. The molecule has 0 spiro atoms. The van der Waals surface area contributed by atoms with Crippen molar-refractivity contribution >= 4 is 15.7 Å².